The van der Waals surface area contributed by atoms with Gasteiger partial charge in [-0.3, -0.25) is 4.79 Å². The fraction of sp³-hybridized carbons (Fsp3) is 0.588. The molecule has 0 aromatic heterocycles. The van der Waals surface area contributed by atoms with Gasteiger partial charge in [-0.15, -0.1) is 12.4 Å². The van der Waals surface area contributed by atoms with Crippen molar-refractivity contribution < 1.29 is 9.53 Å². The van der Waals surface area contributed by atoms with E-state index in [0.717, 1.165) is 48.8 Å². The molecule has 2 rings (SSSR count). The van der Waals surface area contributed by atoms with Crippen LogP contribution in [0.4, 0.5) is 0 Å². The van der Waals surface area contributed by atoms with Crippen LogP contribution in [0.15, 0.2) is 28.7 Å². The van der Waals surface area contributed by atoms with Crippen molar-refractivity contribution in [3.8, 4) is 0 Å². The highest BCUT2D eigenvalue weighted by atomic mass is 79.9. The molecule has 1 amide bonds. The number of benzene rings is 1. The SMILES string of the molecule is COCCNCCNC(=O)C1(c2cccc(Br)c2)CCCC1.Cl. The van der Waals surface area contributed by atoms with Crippen molar-refractivity contribution in [2.24, 2.45) is 0 Å². The predicted octanol–water partition coefficient (Wildman–Crippen LogP) is 3.03. The number of hydrogen-bond donors (Lipinski definition) is 2. The van der Waals surface area contributed by atoms with Crippen LogP contribution in [0, 0.1) is 0 Å². The molecule has 0 atom stereocenters. The van der Waals surface area contributed by atoms with Gasteiger partial charge in [-0.1, -0.05) is 40.9 Å². The zero-order chi connectivity index (χ0) is 15.8. The highest BCUT2D eigenvalue weighted by Crippen LogP contribution is 2.41. The Morgan fingerprint density at radius 2 is 2.00 bits per heavy atom. The molecular formula is C17H26BrClN2O2. The second-order valence-corrected chi connectivity index (χ2v) is 6.71. The number of amides is 1. The Bertz CT molecular complexity index is 493. The molecule has 0 spiro atoms. The fourth-order valence-corrected chi connectivity index (χ4v) is 3.54. The van der Waals surface area contributed by atoms with Crippen LogP contribution >= 0.6 is 28.3 Å². The first-order valence-electron chi connectivity index (χ1n) is 7.93. The van der Waals surface area contributed by atoms with Crippen molar-refractivity contribution in [2.75, 3.05) is 33.4 Å². The average molecular weight is 406 g/mol. The molecule has 1 fully saturated rings. The fourth-order valence-electron chi connectivity index (χ4n) is 3.14. The van der Waals surface area contributed by atoms with E-state index in [4.69, 9.17) is 4.74 Å². The lowest BCUT2D eigenvalue weighted by molar-refractivity contribution is -0.126. The van der Waals surface area contributed by atoms with Crippen molar-refractivity contribution in [1.29, 1.82) is 0 Å². The number of methoxy groups -OCH3 is 1. The maximum atomic E-state index is 12.8. The van der Waals surface area contributed by atoms with E-state index in [1.165, 1.54) is 0 Å². The summed E-state index contributed by atoms with van der Waals surface area (Å²) in [5.74, 6) is 0.164. The molecule has 130 valence electrons. The quantitative estimate of drug-likeness (QED) is 0.654. The lowest BCUT2D eigenvalue weighted by atomic mass is 9.78. The largest absolute Gasteiger partial charge is 0.383 e. The lowest BCUT2D eigenvalue weighted by Gasteiger charge is -2.28. The second-order valence-electron chi connectivity index (χ2n) is 5.80. The number of halogens is 2. The Kier molecular flexibility index (Phi) is 9.14. The van der Waals surface area contributed by atoms with Crippen LogP contribution in [0.2, 0.25) is 0 Å². The molecular weight excluding hydrogens is 380 g/mol. The Morgan fingerprint density at radius 3 is 2.65 bits per heavy atom. The minimum Gasteiger partial charge on any atom is -0.383 e. The normalized spacial score (nSPS) is 15.9. The van der Waals surface area contributed by atoms with Gasteiger partial charge in [-0.2, -0.15) is 0 Å². The highest BCUT2D eigenvalue weighted by Gasteiger charge is 2.42. The average Bonchev–Trinajstić information content (AvgIpc) is 3.01. The minimum atomic E-state index is -0.351. The first-order valence-corrected chi connectivity index (χ1v) is 8.72. The van der Waals surface area contributed by atoms with E-state index in [2.05, 4.69) is 38.7 Å². The Labute approximate surface area is 153 Å². The van der Waals surface area contributed by atoms with Gasteiger partial charge in [0, 0.05) is 31.2 Å². The Hall–Kier alpha value is -0.620. The van der Waals surface area contributed by atoms with Crippen molar-refractivity contribution in [1.82, 2.24) is 10.6 Å². The molecule has 0 aliphatic heterocycles. The molecule has 1 aliphatic carbocycles. The molecule has 1 aromatic rings. The third-order valence-electron chi connectivity index (χ3n) is 4.34. The molecule has 1 aliphatic rings. The summed E-state index contributed by atoms with van der Waals surface area (Å²) in [5.41, 5.74) is 0.778. The van der Waals surface area contributed by atoms with E-state index in [1.54, 1.807) is 7.11 Å². The summed E-state index contributed by atoms with van der Waals surface area (Å²) in [5, 5.41) is 6.35. The zero-order valence-electron chi connectivity index (χ0n) is 13.6. The number of hydrogen-bond acceptors (Lipinski definition) is 3. The van der Waals surface area contributed by atoms with Gasteiger partial charge in [-0.25, -0.2) is 0 Å². The predicted molar refractivity (Wildman–Crippen MR) is 99.3 cm³/mol. The molecule has 1 aromatic carbocycles. The van der Waals surface area contributed by atoms with E-state index in [9.17, 15) is 4.79 Å². The van der Waals surface area contributed by atoms with E-state index in [0.29, 0.717) is 13.2 Å². The molecule has 0 heterocycles. The minimum absolute atomic E-state index is 0. The van der Waals surface area contributed by atoms with Crippen LogP contribution in [-0.2, 0) is 14.9 Å². The van der Waals surface area contributed by atoms with E-state index >= 15 is 0 Å². The number of nitrogens with one attached hydrogen (secondary N) is 2. The van der Waals surface area contributed by atoms with Crippen LogP contribution < -0.4 is 10.6 Å². The van der Waals surface area contributed by atoms with Crippen LogP contribution in [0.25, 0.3) is 0 Å². The van der Waals surface area contributed by atoms with Gasteiger partial charge in [-0.05, 0) is 30.5 Å². The van der Waals surface area contributed by atoms with Gasteiger partial charge < -0.3 is 15.4 Å². The van der Waals surface area contributed by atoms with Gasteiger partial charge in [0.25, 0.3) is 0 Å². The van der Waals surface area contributed by atoms with Crippen LogP contribution in [0.3, 0.4) is 0 Å². The molecule has 6 heteroatoms. The van der Waals surface area contributed by atoms with Gasteiger partial charge in [0.05, 0.1) is 12.0 Å². The van der Waals surface area contributed by atoms with Crippen molar-refractivity contribution in [3.05, 3.63) is 34.3 Å². The summed E-state index contributed by atoms with van der Waals surface area (Å²) in [4.78, 5) is 12.8. The van der Waals surface area contributed by atoms with Gasteiger partial charge >= 0.3 is 0 Å². The number of carbonyl (C=O) groups excluding carboxylic acids is 1. The van der Waals surface area contributed by atoms with Gasteiger partial charge in [0.15, 0.2) is 0 Å². The van der Waals surface area contributed by atoms with Gasteiger partial charge in [0.2, 0.25) is 5.91 Å². The number of carbonyl (C=O) groups is 1. The molecule has 23 heavy (non-hydrogen) atoms. The van der Waals surface area contributed by atoms with Crippen LogP contribution in [0.1, 0.15) is 31.2 Å². The van der Waals surface area contributed by atoms with Crippen molar-refractivity contribution in [3.63, 3.8) is 0 Å². The van der Waals surface area contributed by atoms with E-state index < -0.39 is 0 Å². The third-order valence-corrected chi connectivity index (χ3v) is 4.83. The molecule has 1 saturated carbocycles. The van der Waals surface area contributed by atoms with Crippen LogP contribution in [0.5, 0.6) is 0 Å². The maximum Gasteiger partial charge on any atom is 0.230 e. The number of ether oxygens (including phenoxy) is 1. The maximum absolute atomic E-state index is 12.8. The summed E-state index contributed by atoms with van der Waals surface area (Å²) < 4.78 is 6.01. The summed E-state index contributed by atoms with van der Waals surface area (Å²) in [7, 11) is 1.69. The van der Waals surface area contributed by atoms with Crippen molar-refractivity contribution in [2.45, 2.75) is 31.1 Å². The Balaban J connectivity index is 0.00000264. The van der Waals surface area contributed by atoms with E-state index in [-0.39, 0.29) is 23.7 Å². The molecule has 2 N–H and O–H groups in total. The standard InChI is InChI=1S/C17H25BrN2O2.ClH/c1-22-12-11-19-9-10-20-16(21)17(7-2-3-8-17)14-5-4-6-15(18)13-14;/h4-6,13,19H,2-3,7-12H2,1H3,(H,20,21);1H. The smallest absolute Gasteiger partial charge is 0.230 e. The molecule has 0 bridgehead atoms. The number of rotatable bonds is 8. The molecule has 0 unspecified atom stereocenters. The van der Waals surface area contributed by atoms with Crippen molar-refractivity contribution >= 4 is 34.2 Å². The monoisotopic (exact) mass is 404 g/mol. The summed E-state index contributed by atoms with van der Waals surface area (Å²) in [6, 6.07) is 8.18. The lowest BCUT2D eigenvalue weighted by Crippen LogP contribution is -2.44. The highest BCUT2D eigenvalue weighted by molar-refractivity contribution is 9.10. The first kappa shape index (κ1) is 20.4. The van der Waals surface area contributed by atoms with Gasteiger partial charge in [0.1, 0.15) is 0 Å². The summed E-state index contributed by atoms with van der Waals surface area (Å²) >= 11 is 3.52. The Morgan fingerprint density at radius 1 is 1.26 bits per heavy atom. The topological polar surface area (TPSA) is 50.4 Å². The zero-order valence-corrected chi connectivity index (χ0v) is 16.0. The molecule has 0 radical (unpaired) electrons. The van der Waals surface area contributed by atoms with Crippen LogP contribution in [-0.4, -0.2) is 39.3 Å². The molecule has 4 nitrogen and oxygen atoms in total. The molecule has 0 saturated heterocycles. The third kappa shape index (κ3) is 5.45. The summed E-state index contributed by atoms with van der Waals surface area (Å²) in [6.45, 7) is 2.92. The van der Waals surface area contributed by atoms with E-state index in [1.807, 2.05) is 12.1 Å². The summed E-state index contributed by atoms with van der Waals surface area (Å²) in [6.07, 6.45) is 4.11. The second kappa shape index (κ2) is 10.3. The first-order chi connectivity index (χ1) is 10.7.